The number of likely N-dealkylation sites (N-methyl/N-ethyl adjacent to an activating group) is 1. The number of nitrogens with two attached hydrogens (primary N) is 1. The summed E-state index contributed by atoms with van der Waals surface area (Å²) in [5, 5.41) is 0. The molecule has 1 unspecified atom stereocenters. The zero-order valence-electron chi connectivity index (χ0n) is 10.0. The average Bonchev–Trinajstić information content (AvgIpc) is 2.89. The van der Waals surface area contributed by atoms with Crippen molar-refractivity contribution >= 4 is 0 Å². The second kappa shape index (κ2) is 4.57. The molecule has 90 valence electrons. The van der Waals surface area contributed by atoms with Crippen LogP contribution in [0.15, 0.2) is 16.7 Å². The van der Waals surface area contributed by atoms with Crippen molar-refractivity contribution in [1.82, 2.24) is 4.90 Å². The van der Waals surface area contributed by atoms with E-state index in [-0.39, 0.29) is 5.54 Å². The van der Waals surface area contributed by atoms with Crippen LogP contribution in [0.4, 0.5) is 0 Å². The number of nitrogens with zero attached hydrogens (tertiary/aromatic N) is 1. The van der Waals surface area contributed by atoms with E-state index in [2.05, 4.69) is 11.9 Å². The lowest BCUT2D eigenvalue weighted by Crippen LogP contribution is -2.52. The number of aryl methyl sites for hydroxylation is 1. The van der Waals surface area contributed by atoms with Gasteiger partial charge in [0.05, 0.1) is 18.4 Å². The molecule has 4 heteroatoms. The SMILES string of the molecule is Cc1occc1CN(C)C1(CN)CCOC1. The van der Waals surface area contributed by atoms with E-state index in [1.165, 1.54) is 5.56 Å². The van der Waals surface area contributed by atoms with Crippen LogP contribution < -0.4 is 5.73 Å². The topological polar surface area (TPSA) is 51.6 Å². The molecule has 2 rings (SSSR count). The predicted octanol–water partition coefficient (Wildman–Crippen LogP) is 1.14. The molecule has 2 heterocycles. The molecule has 0 radical (unpaired) electrons. The van der Waals surface area contributed by atoms with E-state index in [4.69, 9.17) is 14.9 Å². The summed E-state index contributed by atoms with van der Waals surface area (Å²) in [6.45, 7) is 5.04. The molecule has 0 spiro atoms. The van der Waals surface area contributed by atoms with Crippen LogP contribution in [0.1, 0.15) is 17.7 Å². The van der Waals surface area contributed by atoms with Gasteiger partial charge in [0.15, 0.2) is 0 Å². The van der Waals surface area contributed by atoms with Crippen molar-refractivity contribution in [2.75, 3.05) is 26.8 Å². The highest BCUT2D eigenvalue weighted by molar-refractivity contribution is 5.16. The number of ether oxygens (including phenoxy) is 1. The first-order valence-corrected chi connectivity index (χ1v) is 5.70. The summed E-state index contributed by atoms with van der Waals surface area (Å²) in [7, 11) is 2.11. The van der Waals surface area contributed by atoms with Crippen molar-refractivity contribution in [2.45, 2.75) is 25.4 Å². The van der Waals surface area contributed by atoms with Gasteiger partial charge in [-0.3, -0.25) is 4.90 Å². The normalized spacial score (nSPS) is 25.5. The Balaban J connectivity index is 2.07. The van der Waals surface area contributed by atoms with Crippen LogP contribution in [-0.2, 0) is 11.3 Å². The fraction of sp³-hybridized carbons (Fsp3) is 0.667. The molecule has 1 fully saturated rings. The fourth-order valence-electron chi connectivity index (χ4n) is 2.21. The fourth-order valence-corrected chi connectivity index (χ4v) is 2.21. The Hall–Kier alpha value is -0.840. The van der Waals surface area contributed by atoms with Crippen molar-refractivity contribution in [2.24, 2.45) is 5.73 Å². The van der Waals surface area contributed by atoms with E-state index in [0.717, 1.165) is 31.9 Å². The van der Waals surface area contributed by atoms with E-state index < -0.39 is 0 Å². The predicted molar refractivity (Wildman–Crippen MR) is 62.1 cm³/mol. The standard InChI is InChI=1S/C12H20N2O2/c1-10-11(3-5-16-10)7-14(2)12(8-13)4-6-15-9-12/h3,5H,4,6-9,13H2,1-2H3. The molecule has 1 atom stereocenters. The van der Waals surface area contributed by atoms with Gasteiger partial charge in [0.25, 0.3) is 0 Å². The van der Waals surface area contributed by atoms with Gasteiger partial charge in [-0.1, -0.05) is 0 Å². The molecule has 16 heavy (non-hydrogen) atoms. The van der Waals surface area contributed by atoms with E-state index in [1.807, 2.05) is 13.0 Å². The van der Waals surface area contributed by atoms with E-state index in [0.29, 0.717) is 6.54 Å². The van der Waals surface area contributed by atoms with Crippen molar-refractivity contribution in [3.63, 3.8) is 0 Å². The van der Waals surface area contributed by atoms with Gasteiger partial charge in [-0.2, -0.15) is 0 Å². The lowest BCUT2D eigenvalue weighted by atomic mass is 9.96. The maximum absolute atomic E-state index is 5.89. The molecule has 1 aromatic rings. The molecule has 0 aliphatic carbocycles. The first-order chi connectivity index (χ1) is 7.68. The summed E-state index contributed by atoms with van der Waals surface area (Å²) in [6.07, 6.45) is 2.75. The van der Waals surface area contributed by atoms with Crippen LogP contribution in [-0.4, -0.2) is 37.2 Å². The summed E-state index contributed by atoms with van der Waals surface area (Å²) >= 11 is 0. The monoisotopic (exact) mass is 224 g/mol. The van der Waals surface area contributed by atoms with Crippen molar-refractivity contribution < 1.29 is 9.15 Å². The smallest absolute Gasteiger partial charge is 0.105 e. The summed E-state index contributed by atoms with van der Waals surface area (Å²) < 4.78 is 10.8. The number of hydrogen-bond donors (Lipinski definition) is 1. The third-order valence-corrected chi connectivity index (χ3v) is 3.65. The lowest BCUT2D eigenvalue weighted by molar-refractivity contribution is 0.0879. The quantitative estimate of drug-likeness (QED) is 0.833. The molecule has 1 aliphatic heterocycles. The Kier molecular flexibility index (Phi) is 3.33. The van der Waals surface area contributed by atoms with Crippen LogP contribution in [0.25, 0.3) is 0 Å². The minimum absolute atomic E-state index is 0.00368. The molecule has 1 saturated heterocycles. The van der Waals surface area contributed by atoms with Crippen LogP contribution in [0.5, 0.6) is 0 Å². The lowest BCUT2D eigenvalue weighted by Gasteiger charge is -2.36. The molecule has 4 nitrogen and oxygen atoms in total. The van der Waals surface area contributed by atoms with Crippen LogP contribution in [0.3, 0.4) is 0 Å². The molecule has 2 N–H and O–H groups in total. The Labute approximate surface area is 96.4 Å². The van der Waals surface area contributed by atoms with Gasteiger partial charge in [-0.25, -0.2) is 0 Å². The van der Waals surface area contributed by atoms with E-state index in [9.17, 15) is 0 Å². The van der Waals surface area contributed by atoms with Crippen molar-refractivity contribution in [3.8, 4) is 0 Å². The van der Waals surface area contributed by atoms with Gasteiger partial charge >= 0.3 is 0 Å². The number of hydrogen-bond acceptors (Lipinski definition) is 4. The van der Waals surface area contributed by atoms with Crippen molar-refractivity contribution in [1.29, 1.82) is 0 Å². The Bertz CT molecular complexity index is 343. The van der Waals surface area contributed by atoms with Crippen LogP contribution >= 0.6 is 0 Å². The van der Waals surface area contributed by atoms with E-state index >= 15 is 0 Å². The van der Waals surface area contributed by atoms with Gasteiger partial charge in [-0.05, 0) is 26.5 Å². The van der Waals surface area contributed by atoms with Gasteiger partial charge in [0.2, 0.25) is 0 Å². The minimum atomic E-state index is 0.00368. The molecule has 0 bridgehead atoms. The molecule has 0 amide bonds. The Morgan fingerprint density at radius 1 is 1.56 bits per heavy atom. The number of rotatable bonds is 4. The highest BCUT2D eigenvalue weighted by atomic mass is 16.5. The van der Waals surface area contributed by atoms with Gasteiger partial charge in [0.1, 0.15) is 5.76 Å². The summed E-state index contributed by atoms with van der Waals surface area (Å²) in [5.41, 5.74) is 7.12. The first-order valence-electron chi connectivity index (χ1n) is 5.70. The van der Waals surface area contributed by atoms with Crippen LogP contribution in [0.2, 0.25) is 0 Å². The van der Waals surface area contributed by atoms with Gasteiger partial charge < -0.3 is 14.9 Å². The second-order valence-corrected chi connectivity index (χ2v) is 4.59. The molecular formula is C12H20N2O2. The maximum Gasteiger partial charge on any atom is 0.105 e. The first kappa shape index (κ1) is 11.6. The van der Waals surface area contributed by atoms with Gasteiger partial charge in [0, 0.05) is 25.3 Å². The minimum Gasteiger partial charge on any atom is -0.469 e. The maximum atomic E-state index is 5.89. The summed E-state index contributed by atoms with van der Waals surface area (Å²) in [6, 6.07) is 2.02. The molecule has 1 aliphatic rings. The van der Waals surface area contributed by atoms with E-state index in [1.54, 1.807) is 6.26 Å². The highest BCUT2D eigenvalue weighted by Crippen LogP contribution is 2.26. The molecule has 1 aromatic heterocycles. The zero-order chi connectivity index (χ0) is 11.6. The third kappa shape index (κ3) is 2.00. The zero-order valence-corrected chi connectivity index (χ0v) is 10.0. The Morgan fingerprint density at radius 3 is 2.88 bits per heavy atom. The summed E-state index contributed by atoms with van der Waals surface area (Å²) in [5.74, 6) is 0.984. The molecule has 0 saturated carbocycles. The Morgan fingerprint density at radius 2 is 2.38 bits per heavy atom. The molecule has 0 aromatic carbocycles. The number of furan rings is 1. The highest BCUT2D eigenvalue weighted by Gasteiger charge is 2.37. The third-order valence-electron chi connectivity index (χ3n) is 3.65. The average molecular weight is 224 g/mol. The second-order valence-electron chi connectivity index (χ2n) is 4.59. The van der Waals surface area contributed by atoms with Gasteiger partial charge in [-0.15, -0.1) is 0 Å². The van der Waals surface area contributed by atoms with Crippen LogP contribution in [0, 0.1) is 6.92 Å². The van der Waals surface area contributed by atoms with Crippen molar-refractivity contribution in [3.05, 3.63) is 23.7 Å². The largest absolute Gasteiger partial charge is 0.469 e. The molecular weight excluding hydrogens is 204 g/mol. The summed E-state index contributed by atoms with van der Waals surface area (Å²) in [4.78, 5) is 2.29.